The molecular weight excluding hydrogens is 272 g/mol. The molecule has 0 aromatic heterocycles. The molecular formula is C12H22S4. The lowest BCUT2D eigenvalue weighted by molar-refractivity contribution is 1.12. The van der Waals surface area contributed by atoms with Gasteiger partial charge in [-0.05, 0) is 25.7 Å². The minimum atomic E-state index is 0.858. The van der Waals surface area contributed by atoms with Gasteiger partial charge >= 0.3 is 0 Å². The van der Waals surface area contributed by atoms with Crippen molar-refractivity contribution in [2.24, 2.45) is 0 Å². The molecule has 0 aromatic carbocycles. The van der Waals surface area contributed by atoms with Crippen molar-refractivity contribution in [2.45, 2.75) is 60.5 Å². The normalized spacial score (nSPS) is 24.4. The van der Waals surface area contributed by atoms with Crippen molar-refractivity contribution < 1.29 is 0 Å². The van der Waals surface area contributed by atoms with Crippen molar-refractivity contribution in [3.8, 4) is 0 Å². The summed E-state index contributed by atoms with van der Waals surface area (Å²) in [6, 6.07) is 0. The highest BCUT2D eigenvalue weighted by Crippen LogP contribution is 2.40. The minimum Gasteiger partial charge on any atom is -0.155 e. The predicted molar refractivity (Wildman–Crippen MR) is 85.1 cm³/mol. The Morgan fingerprint density at radius 2 is 1.19 bits per heavy atom. The molecule has 0 aliphatic heterocycles. The molecule has 0 aromatic rings. The van der Waals surface area contributed by atoms with Crippen LogP contribution < -0.4 is 0 Å². The average molecular weight is 295 g/mol. The number of hydrogen-bond donors (Lipinski definition) is 0. The maximum absolute atomic E-state index is 2.39. The molecule has 2 aliphatic rings. The van der Waals surface area contributed by atoms with E-state index in [1.807, 2.05) is 0 Å². The molecule has 0 radical (unpaired) electrons. The lowest BCUT2D eigenvalue weighted by Crippen LogP contribution is -2.03. The largest absolute Gasteiger partial charge is 0.155 e. The topological polar surface area (TPSA) is 0 Å². The summed E-state index contributed by atoms with van der Waals surface area (Å²) in [5.74, 6) is 2.65. The van der Waals surface area contributed by atoms with Crippen molar-refractivity contribution in [1.29, 1.82) is 0 Å². The molecule has 0 bridgehead atoms. The summed E-state index contributed by atoms with van der Waals surface area (Å²) in [7, 11) is 4.18. The molecule has 0 heterocycles. The Morgan fingerprint density at radius 1 is 0.812 bits per heavy atom. The van der Waals surface area contributed by atoms with Gasteiger partial charge in [0, 0.05) is 32.5 Å². The van der Waals surface area contributed by atoms with Gasteiger partial charge in [-0.1, -0.05) is 35.4 Å². The molecule has 16 heavy (non-hydrogen) atoms. The second-order valence-electron chi connectivity index (χ2n) is 4.86. The fraction of sp³-hybridized carbons (Fsp3) is 1.00. The van der Waals surface area contributed by atoms with Crippen LogP contribution >= 0.6 is 45.1 Å². The molecule has 0 amide bonds. The van der Waals surface area contributed by atoms with Gasteiger partial charge in [-0.15, -0.1) is 0 Å². The number of hydrogen-bond acceptors (Lipinski definition) is 4. The average Bonchev–Trinajstić information content (AvgIpc) is 3.08. The van der Waals surface area contributed by atoms with Crippen LogP contribution in [0.15, 0.2) is 0 Å². The van der Waals surface area contributed by atoms with Gasteiger partial charge in [0.2, 0.25) is 0 Å². The third-order valence-electron chi connectivity index (χ3n) is 2.59. The predicted octanol–water partition coefficient (Wildman–Crippen LogP) is 4.94. The SMILES string of the molecule is CC(CSSCC(C)SC1CC1)SC1CC1. The third-order valence-corrected chi connectivity index (χ3v) is 8.74. The van der Waals surface area contributed by atoms with E-state index in [0.29, 0.717) is 0 Å². The van der Waals surface area contributed by atoms with Crippen molar-refractivity contribution in [1.82, 2.24) is 0 Å². The Balaban J connectivity index is 1.40. The number of thioether (sulfide) groups is 2. The summed E-state index contributed by atoms with van der Waals surface area (Å²) in [6.45, 7) is 4.78. The summed E-state index contributed by atoms with van der Waals surface area (Å²) < 4.78 is 0. The Hall–Kier alpha value is 1.40. The summed E-state index contributed by atoms with van der Waals surface area (Å²) in [5, 5.41) is 3.75. The van der Waals surface area contributed by atoms with Crippen molar-refractivity contribution >= 4 is 45.1 Å². The zero-order valence-corrected chi connectivity index (χ0v) is 13.5. The van der Waals surface area contributed by atoms with Gasteiger partial charge in [0.15, 0.2) is 0 Å². The van der Waals surface area contributed by atoms with Gasteiger partial charge in [-0.25, -0.2) is 0 Å². The van der Waals surface area contributed by atoms with Crippen LogP contribution in [0.25, 0.3) is 0 Å². The summed E-state index contributed by atoms with van der Waals surface area (Å²) in [6.07, 6.45) is 5.90. The molecule has 4 heteroatoms. The zero-order chi connectivity index (χ0) is 11.4. The van der Waals surface area contributed by atoms with Gasteiger partial charge < -0.3 is 0 Å². The molecule has 2 fully saturated rings. The second-order valence-corrected chi connectivity index (χ2v) is 10.9. The highest BCUT2D eigenvalue weighted by molar-refractivity contribution is 8.76. The Kier molecular flexibility index (Phi) is 6.14. The maximum atomic E-state index is 2.39. The van der Waals surface area contributed by atoms with E-state index in [0.717, 1.165) is 21.0 Å². The van der Waals surface area contributed by atoms with Crippen LogP contribution in [-0.2, 0) is 0 Å². The van der Waals surface area contributed by atoms with Gasteiger partial charge in [-0.2, -0.15) is 23.5 Å². The minimum absolute atomic E-state index is 0.858. The smallest absolute Gasteiger partial charge is 0.0154 e. The van der Waals surface area contributed by atoms with E-state index in [1.165, 1.54) is 37.2 Å². The highest BCUT2D eigenvalue weighted by Gasteiger charge is 2.25. The maximum Gasteiger partial charge on any atom is 0.0154 e. The van der Waals surface area contributed by atoms with E-state index in [4.69, 9.17) is 0 Å². The molecule has 2 saturated carbocycles. The standard InChI is InChI=1S/C12H22S4/c1-9(15-11-3-4-11)7-13-14-8-10(2)16-12-5-6-12/h9-12H,3-8H2,1-2H3. The molecule has 2 aliphatic carbocycles. The first-order chi connectivity index (χ1) is 7.74. The van der Waals surface area contributed by atoms with Gasteiger partial charge in [0.05, 0.1) is 0 Å². The first-order valence-electron chi connectivity index (χ1n) is 6.29. The Bertz CT molecular complexity index is 179. The lowest BCUT2D eigenvalue weighted by Gasteiger charge is -2.12. The van der Waals surface area contributed by atoms with E-state index in [1.54, 1.807) is 0 Å². The first kappa shape index (κ1) is 13.8. The highest BCUT2D eigenvalue weighted by atomic mass is 33.1. The molecule has 0 saturated heterocycles. The fourth-order valence-corrected chi connectivity index (χ4v) is 7.49. The van der Waals surface area contributed by atoms with Crippen LogP contribution in [0.3, 0.4) is 0 Å². The Labute approximate surface area is 117 Å². The van der Waals surface area contributed by atoms with Gasteiger partial charge in [-0.3, -0.25) is 0 Å². The molecule has 0 N–H and O–H groups in total. The summed E-state index contributed by atoms with van der Waals surface area (Å²) >= 11 is 4.41. The van der Waals surface area contributed by atoms with E-state index in [-0.39, 0.29) is 0 Å². The molecule has 0 nitrogen and oxygen atoms in total. The van der Waals surface area contributed by atoms with Crippen LogP contribution in [0.1, 0.15) is 39.5 Å². The van der Waals surface area contributed by atoms with Crippen LogP contribution in [0.4, 0.5) is 0 Å². The van der Waals surface area contributed by atoms with Crippen LogP contribution in [0, 0.1) is 0 Å². The summed E-state index contributed by atoms with van der Waals surface area (Å²) in [4.78, 5) is 0. The fourth-order valence-electron chi connectivity index (χ4n) is 1.43. The Morgan fingerprint density at radius 3 is 1.50 bits per heavy atom. The molecule has 0 spiro atoms. The van der Waals surface area contributed by atoms with Crippen LogP contribution in [0.5, 0.6) is 0 Å². The number of rotatable bonds is 9. The van der Waals surface area contributed by atoms with Gasteiger partial charge in [0.1, 0.15) is 0 Å². The van der Waals surface area contributed by atoms with Crippen molar-refractivity contribution in [3.63, 3.8) is 0 Å². The molecule has 2 rings (SSSR count). The van der Waals surface area contributed by atoms with Crippen molar-refractivity contribution in [2.75, 3.05) is 11.5 Å². The van der Waals surface area contributed by atoms with E-state index < -0.39 is 0 Å². The quantitative estimate of drug-likeness (QED) is 0.436. The third kappa shape index (κ3) is 6.36. The van der Waals surface area contributed by atoms with Crippen molar-refractivity contribution in [3.05, 3.63) is 0 Å². The lowest BCUT2D eigenvalue weighted by atomic mass is 10.6. The van der Waals surface area contributed by atoms with Crippen LogP contribution in [-0.4, -0.2) is 32.5 Å². The monoisotopic (exact) mass is 294 g/mol. The van der Waals surface area contributed by atoms with E-state index in [2.05, 4.69) is 59.0 Å². The van der Waals surface area contributed by atoms with Gasteiger partial charge in [0.25, 0.3) is 0 Å². The van der Waals surface area contributed by atoms with E-state index in [9.17, 15) is 0 Å². The zero-order valence-electron chi connectivity index (χ0n) is 10.2. The second kappa shape index (κ2) is 7.10. The van der Waals surface area contributed by atoms with Crippen LogP contribution in [0.2, 0.25) is 0 Å². The molecule has 94 valence electrons. The van der Waals surface area contributed by atoms with E-state index >= 15 is 0 Å². The molecule has 2 atom stereocenters. The molecule has 2 unspecified atom stereocenters. The summed E-state index contributed by atoms with van der Waals surface area (Å²) in [5.41, 5.74) is 0. The first-order valence-corrected chi connectivity index (χ1v) is 10.7.